The summed E-state index contributed by atoms with van der Waals surface area (Å²) in [6.45, 7) is 10.6. The molecular weight excluding hydrogens is 336 g/mol. The predicted octanol–water partition coefficient (Wildman–Crippen LogP) is 3.17. The molecule has 0 saturated carbocycles. The molecule has 144 valence electrons. The molecule has 0 aromatic heterocycles. The van der Waals surface area contributed by atoms with Crippen molar-refractivity contribution in [3.63, 3.8) is 0 Å². The molecule has 26 heavy (non-hydrogen) atoms. The van der Waals surface area contributed by atoms with Crippen molar-refractivity contribution in [2.24, 2.45) is 4.99 Å². The van der Waals surface area contributed by atoms with Gasteiger partial charge in [0.15, 0.2) is 0 Å². The summed E-state index contributed by atoms with van der Waals surface area (Å²) in [4.78, 5) is 28.2. The van der Waals surface area contributed by atoms with Crippen LogP contribution in [0.3, 0.4) is 0 Å². The van der Waals surface area contributed by atoms with Gasteiger partial charge >= 0.3 is 12.2 Å². The van der Waals surface area contributed by atoms with E-state index in [4.69, 9.17) is 15.2 Å². The van der Waals surface area contributed by atoms with Crippen LogP contribution in [0.4, 0.5) is 15.3 Å². The summed E-state index contributed by atoms with van der Waals surface area (Å²) < 4.78 is 10.4. The Bertz CT molecular complexity index is 623. The molecule has 0 atom stereocenters. The third-order valence-corrected chi connectivity index (χ3v) is 2.64. The molecule has 0 saturated heterocycles. The number of rotatable bonds is 2. The Labute approximate surface area is 154 Å². The number of hydrogen-bond donors (Lipinski definition) is 3. The van der Waals surface area contributed by atoms with E-state index in [1.165, 1.54) is 0 Å². The average molecular weight is 364 g/mol. The lowest BCUT2D eigenvalue weighted by atomic mass is 10.2. The zero-order chi connectivity index (χ0) is 20.0. The highest BCUT2D eigenvalue weighted by Gasteiger charge is 2.21. The van der Waals surface area contributed by atoms with Gasteiger partial charge in [0.1, 0.15) is 11.2 Å². The fraction of sp³-hybridized carbons (Fsp3) is 0.500. The third-order valence-electron chi connectivity index (χ3n) is 2.64. The summed E-state index contributed by atoms with van der Waals surface area (Å²) in [6.07, 6.45) is -1.46. The lowest BCUT2D eigenvalue weighted by Crippen LogP contribution is -2.47. The van der Waals surface area contributed by atoms with Gasteiger partial charge in [-0.3, -0.25) is 10.6 Å². The molecular formula is C18H28N4O4. The summed E-state index contributed by atoms with van der Waals surface area (Å²) in [5.74, 6) is -0.0645. The summed E-state index contributed by atoms with van der Waals surface area (Å²) in [6, 6.07) is 7.09. The molecule has 0 spiro atoms. The van der Waals surface area contributed by atoms with Gasteiger partial charge in [-0.05, 0) is 59.2 Å². The first-order valence-electron chi connectivity index (χ1n) is 8.23. The Morgan fingerprint density at radius 3 is 1.73 bits per heavy atom. The van der Waals surface area contributed by atoms with Gasteiger partial charge in [0, 0.05) is 5.69 Å². The summed E-state index contributed by atoms with van der Waals surface area (Å²) in [7, 11) is 0. The van der Waals surface area contributed by atoms with E-state index in [1.807, 2.05) is 0 Å². The van der Waals surface area contributed by atoms with Crippen molar-refractivity contribution in [3.05, 3.63) is 29.8 Å². The van der Waals surface area contributed by atoms with Crippen LogP contribution in [-0.4, -0.2) is 29.3 Å². The van der Waals surface area contributed by atoms with Gasteiger partial charge in [0.2, 0.25) is 5.96 Å². The molecule has 0 unspecified atom stereocenters. The quantitative estimate of drug-likeness (QED) is 0.423. The normalized spacial score (nSPS) is 11.3. The van der Waals surface area contributed by atoms with Crippen molar-refractivity contribution in [2.75, 3.05) is 5.73 Å². The van der Waals surface area contributed by atoms with Crippen LogP contribution in [0.2, 0.25) is 0 Å². The molecule has 8 nitrogen and oxygen atoms in total. The zero-order valence-corrected chi connectivity index (χ0v) is 16.2. The van der Waals surface area contributed by atoms with E-state index in [-0.39, 0.29) is 12.5 Å². The molecule has 0 aliphatic heterocycles. The van der Waals surface area contributed by atoms with Crippen LogP contribution in [0.15, 0.2) is 29.3 Å². The first-order valence-corrected chi connectivity index (χ1v) is 8.23. The molecule has 0 aliphatic rings. The highest BCUT2D eigenvalue weighted by Crippen LogP contribution is 2.09. The minimum Gasteiger partial charge on any atom is -0.444 e. The number of nitrogens with one attached hydrogen (secondary N) is 2. The van der Waals surface area contributed by atoms with Crippen LogP contribution in [0.5, 0.6) is 0 Å². The number of aliphatic imine (C=N–C) groups is 1. The van der Waals surface area contributed by atoms with Crippen molar-refractivity contribution in [1.29, 1.82) is 0 Å². The molecule has 2 amide bonds. The van der Waals surface area contributed by atoms with E-state index >= 15 is 0 Å². The van der Waals surface area contributed by atoms with E-state index in [0.29, 0.717) is 5.69 Å². The highest BCUT2D eigenvalue weighted by atomic mass is 16.6. The number of carbonyl (C=O) groups excluding carboxylic acids is 2. The largest absolute Gasteiger partial charge is 0.444 e. The van der Waals surface area contributed by atoms with Crippen molar-refractivity contribution in [3.8, 4) is 0 Å². The number of anilines is 1. The van der Waals surface area contributed by atoms with Gasteiger partial charge < -0.3 is 15.2 Å². The van der Waals surface area contributed by atoms with E-state index < -0.39 is 23.4 Å². The molecule has 0 aliphatic carbocycles. The monoisotopic (exact) mass is 364 g/mol. The molecule has 1 rings (SSSR count). The highest BCUT2D eigenvalue weighted by molar-refractivity contribution is 6.01. The summed E-state index contributed by atoms with van der Waals surface area (Å²) >= 11 is 0. The molecule has 4 N–H and O–H groups in total. The number of carbonyl (C=O) groups is 2. The molecule has 0 radical (unpaired) electrons. The summed E-state index contributed by atoms with van der Waals surface area (Å²) in [5.41, 5.74) is 5.78. The van der Waals surface area contributed by atoms with Crippen molar-refractivity contribution in [1.82, 2.24) is 10.6 Å². The number of guanidine groups is 1. The van der Waals surface area contributed by atoms with Gasteiger partial charge in [-0.25, -0.2) is 14.6 Å². The molecule has 1 aromatic rings. The fourth-order valence-corrected chi connectivity index (χ4v) is 1.70. The maximum Gasteiger partial charge on any atom is 0.414 e. The maximum absolute atomic E-state index is 12.0. The fourth-order valence-electron chi connectivity index (χ4n) is 1.70. The number of alkyl carbamates (subject to hydrolysis) is 2. The van der Waals surface area contributed by atoms with E-state index in [1.54, 1.807) is 65.8 Å². The SMILES string of the molecule is CC(C)(C)OC(=O)NC(=NCc1ccc(N)cc1)NC(=O)OC(C)(C)C. The molecule has 8 heteroatoms. The first kappa shape index (κ1) is 21.3. The van der Waals surface area contributed by atoms with Crippen molar-refractivity contribution in [2.45, 2.75) is 59.3 Å². The Morgan fingerprint density at radius 2 is 1.35 bits per heavy atom. The Balaban J connectivity index is 2.85. The minimum absolute atomic E-state index is 0.0645. The zero-order valence-electron chi connectivity index (χ0n) is 16.2. The van der Waals surface area contributed by atoms with Gasteiger partial charge in [-0.15, -0.1) is 0 Å². The van der Waals surface area contributed by atoms with Crippen molar-refractivity contribution >= 4 is 23.8 Å². The van der Waals surface area contributed by atoms with Crippen LogP contribution in [0, 0.1) is 0 Å². The van der Waals surface area contributed by atoms with E-state index in [0.717, 1.165) is 5.56 Å². The van der Waals surface area contributed by atoms with Gasteiger partial charge in [-0.2, -0.15) is 0 Å². The van der Waals surface area contributed by atoms with E-state index in [9.17, 15) is 9.59 Å². The third kappa shape index (κ3) is 9.51. The molecule has 1 aromatic carbocycles. The number of nitrogens with two attached hydrogens (primary N) is 1. The smallest absolute Gasteiger partial charge is 0.414 e. The lowest BCUT2D eigenvalue weighted by molar-refractivity contribution is 0.0545. The Hall–Kier alpha value is -2.77. The number of nitrogen functional groups attached to an aromatic ring is 1. The van der Waals surface area contributed by atoms with Gasteiger partial charge in [0.25, 0.3) is 0 Å². The van der Waals surface area contributed by atoms with Crippen LogP contribution in [-0.2, 0) is 16.0 Å². The second-order valence-corrected chi connectivity index (χ2v) is 7.66. The van der Waals surface area contributed by atoms with E-state index in [2.05, 4.69) is 15.6 Å². The van der Waals surface area contributed by atoms with Crippen LogP contribution < -0.4 is 16.4 Å². The Kier molecular flexibility index (Phi) is 7.00. The van der Waals surface area contributed by atoms with Crippen LogP contribution in [0.1, 0.15) is 47.1 Å². The minimum atomic E-state index is -0.732. The van der Waals surface area contributed by atoms with Crippen molar-refractivity contribution < 1.29 is 19.1 Å². The topological polar surface area (TPSA) is 115 Å². The average Bonchev–Trinajstić information content (AvgIpc) is 2.42. The number of amides is 2. The second-order valence-electron chi connectivity index (χ2n) is 7.66. The number of ether oxygens (including phenoxy) is 2. The van der Waals surface area contributed by atoms with Gasteiger partial charge in [0.05, 0.1) is 6.54 Å². The molecule has 0 heterocycles. The number of hydrogen-bond acceptors (Lipinski definition) is 6. The lowest BCUT2D eigenvalue weighted by Gasteiger charge is -2.22. The number of benzene rings is 1. The standard InChI is InChI=1S/C18H28N4O4/c1-17(2,3)25-15(23)21-14(22-16(24)26-18(4,5)6)20-11-12-7-9-13(19)10-8-12/h7-10H,11,19H2,1-6H3,(H2,20,21,22,23,24). The Morgan fingerprint density at radius 1 is 0.923 bits per heavy atom. The predicted molar refractivity (Wildman–Crippen MR) is 101 cm³/mol. The van der Waals surface area contributed by atoms with Crippen LogP contribution in [0.25, 0.3) is 0 Å². The molecule has 0 fully saturated rings. The van der Waals surface area contributed by atoms with Gasteiger partial charge in [-0.1, -0.05) is 12.1 Å². The summed E-state index contributed by atoms with van der Waals surface area (Å²) in [5, 5.41) is 4.85. The van der Waals surface area contributed by atoms with Crippen LogP contribution >= 0.6 is 0 Å². The molecule has 0 bridgehead atoms. The second kappa shape index (κ2) is 8.55. The number of nitrogens with zero attached hydrogens (tertiary/aromatic N) is 1. The first-order chi connectivity index (χ1) is 11.8. The maximum atomic E-state index is 12.0.